The lowest BCUT2D eigenvalue weighted by molar-refractivity contribution is 0.324. The van der Waals surface area contributed by atoms with Crippen molar-refractivity contribution in [1.82, 2.24) is 20.2 Å². The van der Waals surface area contributed by atoms with Gasteiger partial charge in [0, 0.05) is 44.8 Å². The first-order valence-electron chi connectivity index (χ1n) is 6.52. The first kappa shape index (κ1) is 13.6. The summed E-state index contributed by atoms with van der Waals surface area (Å²) in [7, 11) is 2.13. The topological polar surface area (TPSA) is 41.0 Å². The molecule has 0 radical (unpaired) electrons. The van der Waals surface area contributed by atoms with Crippen LogP contribution in [-0.2, 0) is 13.1 Å². The minimum absolute atomic E-state index is 0.823. The van der Waals surface area contributed by atoms with Gasteiger partial charge in [-0.05, 0) is 36.9 Å². The van der Waals surface area contributed by atoms with Gasteiger partial charge in [-0.2, -0.15) is 0 Å². The van der Waals surface area contributed by atoms with Gasteiger partial charge in [0.2, 0.25) is 0 Å². The summed E-state index contributed by atoms with van der Waals surface area (Å²) in [4.78, 5) is 10.6. The van der Waals surface area contributed by atoms with Gasteiger partial charge in [0.25, 0.3) is 0 Å². The molecule has 2 heterocycles. The molecule has 2 aromatic heterocycles. The van der Waals surface area contributed by atoms with Crippen LogP contribution in [0.15, 0.2) is 48.9 Å². The zero-order valence-corrected chi connectivity index (χ0v) is 11.3. The summed E-state index contributed by atoms with van der Waals surface area (Å²) in [6.45, 7) is 3.74. The molecule has 0 unspecified atom stereocenters. The van der Waals surface area contributed by atoms with Crippen molar-refractivity contribution >= 4 is 0 Å². The number of nitrogens with one attached hydrogen (secondary N) is 1. The molecule has 0 aliphatic heterocycles. The summed E-state index contributed by atoms with van der Waals surface area (Å²) in [6.07, 6.45) is 5.50. The molecule has 4 nitrogen and oxygen atoms in total. The van der Waals surface area contributed by atoms with E-state index < -0.39 is 0 Å². The summed E-state index contributed by atoms with van der Waals surface area (Å²) in [6, 6.07) is 10.1. The molecule has 2 rings (SSSR count). The maximum Gasteiger partial charge on any atom is 0.0541 e. The van der Waals surface area contributed by atoms with Crippen molar-refractivity contribution in [1.29, 1.82) is 0 Å². The van der Waals surface area contributed by atoms with E-state index >= 15 is 0 Å². The second-order valence-corrected chi connectivity index (χ2v) is 4.59. The zero-order valence-electron chi connectivity index (χ0n) is 11.3. The molecular weight excluding hydrogens is 236 g/mol. The van der Waals surface area contributed by atoms with Gasteiger partial charge in [0.05, 0.1) is 5.69 Å². The van der Waals surface area contributed by atoms with Crippen LogP contribution in [0.2, 0.25) is 0 Å². The molecule has 0 saturated heterocycles. The van der Waals surface area contributed by atoms with E-state index in [1.165, 1.54) is 5.56 Å². The summed E-state index contributed by atoms with van der Waals surface area (Å²) in [5, 5.41) is 3.40. The van der Waals surface area contributed by atoms with Crippen molar-refractivity contribution in [3.05, 3.63) is 60.2 Å². The van der Waals surface area contributed by atoms with E-state index in [1.807, 2.05) is 36.8 Å². The van der Waals surface area contributed by atoms with E-state index in [0.717, 1.165) is 31.9 Å². The fourth-order valence-corrected chi connectivity index (χ4v) is 1.87. The Morgan fingerprint density at radius 2 is 1.95 bits per heavy atom. The molecule has 0 amide bonds. The predicted octanol–water partition coefficient (Wildman–Crippen LogP) is 1.70. The molecule has 0 aliphatic carbocycles. The van der Waals surface area contributed by atoms with E-state index in [-0.39, 0.29) is 0 Å². The number of aromatic nitrogens is 2. The number of rotatable bonds is 7. The molecule has 0 saturated carbocycles. The Hall–Kier alpha value is -1.78. The van der Waals surface area contributed by atoms with Gasteiger partial charge in [0.1, 0.15) is 0 Å². The normalized spacial score (nSPS) is 10.8. The van der Waals surface area contributed by atoms with E-state index in [9.17, 15) is 0 Å². The van der Waals surface area contributed by atoms with Gasteiger partial charge in [0.15, 0.2) is 0 Å². The number of pyridine rings is 2. The monoisotopic (exact) mass is 256 g/mol. The lowest BCUT2D eigenvalue weighted by atomic mass is 10.2. The fourth-order valence-electron chi connectivity index (χ4n) is 1.87. The van der Waals surface area contributed by atoms with Crippen LogP contribution in [0, 0.1) is 0 Å². The highest BCUT2D eigenvalue weighted by atomic mass is 15.1. The molecule has 2 aromatic rings. The highest BCUT2D eigenvalue weighted by Crippen LogP contribution is 2.00. The molecule has 0 aromatic carbocycles. The molecule has 4 heteroatoms. The maximum atomic E-state index is 4.28. The molecule has 0 aliphatic rings. The average molecular weight is 256 g/mol. The minimum atomic E-state index is 0.823. The average Bonchev–Trinajstić information content (AvgIpc) is 2.46. The number of nitrogens with zero attached hydrogens (tertiary/aromatic N) is 3. The number of hydrogen-bond acceptors (Lipinski definition) is 4. The highest BCUT2D eigenvalue weighted by Gasteiger charge is 1.99. The number of hydrogen-bond donors (Lipinski definition) is 1. The fraction of sp³-hybridized carbons (Fsp3) is 0.333. The van der Waals surface area contributed by atoms with Crippen LogP contribution in [0.5, 0.6) is 0 Å². The van der Waals surface area contributed by atoms with Crippen molar-refractivity contribution < 1.29 is 0 Å². The van der Waals surface area contributed by atoms with E-state index in [2.05, 4.69) is 39.4 Å². The third kappa shape index (κ3) is 5.16. The van der Waals surface area contributed by atoms with Gasteiger partial charge in [-0.15, -0.1) is 0 Å². The van der Waals surface area contributed by atoms with Gasteiger partial charge in [-0.1, -0.05) is 6.07 Å². The molecular formula is C15H20N4. The Morgan fingerprint density at radius 1 is 1.11 bits per heavy atom. The van der Waals surface area contributed by atoms with Crippen molar-refractivity contribution in [2.24, 2.45) is 0 Å². The van der Waals surface area contributed by atoms with Crippen LogP contribution in [0.4, 0.5) is 0 Å². The van der Waals surface area contributed by atoms with Crippen LogP contribution >= 0.6 is 0 Å². The van der Waals surface area contributed by atoms with Crippen LogP contribution in [-0.4, -0.2) is 35.0 Å². The second-order valence-electron chi connectivity index (χ2n) is 4.59. The Kier molecular flexibility index (Phi) is 5.47. The van der Waals surface area contributed by atoms with Gasteiger partial charge in [-0.3, -0.25) is 9.97 Å². The molecule has 100 valence electrons. The van der Waals surface area contributed by atoms with E-state index in [1.54, 1.807) is 0 Å². The first-order chi connectivity index (χ1) is 9.34. The summed E-state index contributed by atoms with van der Waals surface area (Å²) in [5.41, 5.74) is 2.38. The van der Waals surface area contributed by atoms with Crippen LogP contribution < -0.4 is 5.32 Å². The molecule has 0 atom stereocenters. The molecule has 1 N–H and O–H groups in total. The quantitative estimate of drug-likeness (QED) is 0.766. The van der Waals surface area contributed by atoms with Gasteiger partial charge in [-0.25, -0.2) is 0 Å². The van der Waals surface area contributed by atoms with Gasteiger partial charge < -0.3 is 10.2 Å². The van der Waals surface area contributed by atoms with E-state index in [0.29, 0.717) is 0 Å². The Balaban J connectivity index is 1.63. The van der Waals surface area contributed by atoms with Crippen LogP contribution in [0.1, 0.15) is 11.3 Å². The highest BCUT2D eigenvalue weighted by molar-refractivity contribution is 5.09. The van der Waals surface area contributed by atoms with Crippen molar-refractivity contribution in [2.45, 2.75) is 13.1 Å². The molecule has 0 spiro atoms. The maximum absolute atomic E-state index is 4.28. The third-order valence-electron chi connectivity index (χ3n) is 2.90. The van der Waals surface area contributed by atoms with Crippen molar-refractivity contribution in [2.75, 3.05) is 20.1 Å². The molecule has 19 heavy (non-hydrogen) atoms. The summed E-state index contributed by atoms with van der Waals surface area (Å²) in [5.74, 6) is 0. The second kappa shape index (κ2) is 7.61. The Morgan fingerprint density at radius 3 is 2.68 bits per heavy atom. The largest absolute Gasteiger partial charge is 0.310 e. The van der Waals surface area contributed by atoms with E-state index in [4.69, 9.17) is 0 Å². The van der Waals surface area contributed by atoms with Crippen molar-refractivity contribution in [3.8, 4) is 0 Å². The minimum Gasteiger partial charge on any atom is -0.310 e. The molecule has 0 fully saturated rings. The predicted molar refractivity (Wildman–Crippen MR) is 76.5 cm³/mol. The lowest BCUT2D eigenvalue weighted by Gasteiger charge is -2.16. The first-order valence-corrected chi connectivity index (χ1v) is 6.52. The van der Waals surface area contributed by atoms with Crippen molar-refractivity contribution in [3.63, 3.8) is 0 Å². The zero-order chi connectivity index (χ0) is 13.3. The van der Waals surface area contributed by atoms with Gasteiger partial charge >= 0.3 is 0 Å². The summed E-state index contributed by atoms with van der Waals surface area (Å²) >= 11 is 0. The summed E-state index contributed by atoms with van der Waals surface area (Å²) < 4.78 is 0. The smallest absolute Gasteiger partial charge is 0.0541 e. The van der Waals surface area contributed by atoms with Crippen LogP contribution in [0.3, 0.4) is 0 Å². The number of likely N-dealkylation sites (N-methyl/N-ethyl adjacent to an activating group) is 1. The Labute approximate surface area is 114 Å². The lowest BCUT2D eigenvalue weighted by Crippen LogP contribution is -2.28. The Bertz CT molecular complexity index is 458. The third-order valence-corrected chi connectivity index (χ3v) is 2.90. The van der Waals surface area contributed by atoms with Crippen LogP contribution in [0.25, 0.3) is 0 Å². The SMILES string of the molecule is CN(CCNCc1ccccn1)Cc1ccncc1. The molecule has 0 bridgehead atoms. The standard InChI is InChI=1S/C15H20N4/c1-19(13-14-5-8-16-9-6-14)11-10-17-12-15-4-2-3-7-18-15/h2-9,17H,10-13H2,1H3.